The first-order valence-corrected chi connectivity index (χ1v) is 8.16. The van der Waals surface area contributed by atoms with Crippen molar-refractivity contribution in [2.45, 2.75) is 13.1 Å². The maximum absolute atomic E-state index is 12.3. The molecule has 0 aliphatic rings. The van der Waals surface area contributed by atoms with Crippen LogP contribution in [0.25, 0.3) is 0 Å². The van der Waals surface area contributed by atoms with E-state index >= 15 is 0 Å². The largest absolute Gasteiger partial charge is 0.348 e. The fourth-order valence-corrected chi connectivity index (χ4v) is 2.36. The number of benzene rings is 1. The Hall–Kier alpha value is -3.54. The summed E-state index contributed by atoms with van der Waals surface area (Å²) in [5.41, 5.74) is 2.57. The van der Waals surface area contributed by atoms with Crippen molar-refractivity contribution in [2.24, 2.45) is 0 Å². The Labute approximate surface area is 151 Å². The van der Waals surface area contributed by atoms with Crippen molar-refractivity contribution in [1.82, 2.24) is 20.6 Å². The average molecular weight is 346 g/mol. The van der Waals surface area contributed by atoms with Crippen LogP contribution in [0.5, 0.6) is 0 Å². The van der Waals surface area contributed by atoms with E-state index in [1.54, 1.807) is 18.5 Å². The van der Waals surface area contributed by atoms with Gasteiger partial charge in [0, 0.05) is 37.9 Å². The van der Waals surface area contributed by atoms with Crippen LogP contribution in [0.15, 0.2) is 73.3 Å². The van der Waals surface area contributed by atoms with Gasteiger partial charge < -0.3 is 10.6 Å². The topological polar surface area (TPSA) is 84.0 Å². The molecule has 0 spiro atoms. The Kier molecular flexibility index (Phi) is 5.67. The molecule has 2 N–H and O–H groups in total. The summed E-state index contributed by atoms with van der Waals surface area (Å²) >= 11 is 0. The molecule has 6 nitrogen and oxygen atoms in total. The maximum atomic E-state index is 12.3. The molecule has 130 valence electrons. The van der Waals surface area contributed by atoms with Gasteiger partial charge >= 0.3 is 0 Å². The second-order valence-electron chi connectivity index (χ2n) is 5.67. The van der Waals surface area contributed by atoms with Crippen LogP contribution in [-0.4, -0.2) is 21.8 Å². The van der Waals surface area contributed by atoms with Gasteiger partial charge in [-0.1, -0.05) is 36.4 Å². The number of rotatable bonds is 6. The number of nitrogens with zero attached hydrogens (tertiary/aromatic N) is 2. The molecule has 0 aliphatic heterocycles. The Morgan fingerprint density at radius 1 is 0.731 bits per heavy atom. The molecule has 0 unspecified atom stereocenters. The second kappa shape index (κ2) is 8.53. The van der Waals surface area contributed by atoms with E-state index < -0.39 is 0 Å². The predicted molar refractivity (Wildman–Crippen MR) is 97.3 cm³/mol. The van der Waals surface area contributed by atoms with Crippen molar-refractivity contribution in [3.63, 3.8) is 0 Å². The van der Waals surface area contributed by atoms with E-state index in [0.717, 1.165) is 11.1 Å². The first kappa shape index (κ1) is 17.3. The summed E-state index contributed by atoms with van der Waals surface area (Å²) in [6, 6.07) is 14.8. The highest BCUT2D eigenvalue weighted by atomic mass is 16.2. The minimum absolute atomic E-state index is 0.275. The van der Waals surface area contributed by atoms with E-state index in [-0.39, 0.29) is 11.8 Å². The lowest BCUT2D eigenvalue weighted by atomic mass is 10.1. The summed E-state index contributed by atoms with van der Waals surface area (Å²) in [6.45, 7) is 0.772. The molecule has 0 radical (unpaired) electrons. The van der Waals surface area contributed by atoms with Crippen LogP contribution < -0.4 is 10.6 Å². The van der Waals surface area contributed by atoms with E-state index in [1.165, 1.54) is 18.5 Å². The highest BCUT2D eigenvalue weighted by Crippen LogP contribution is 2.05. The van der Waals surface area contributed by atoms with Gasteiger partial charge in [-0.05, 0) is 23.3 Å². The summed E-state index contributed by atoms with van der Waals surface area (Å²) in [5, 5.41) is 5.61. The lowest BCUT2D eigenvalue weighted by molar-refractivity contribution is 0.0950. The molecule has 2 amide bonds. The summed E-state index contributed by atoms with van der Waals surface area (Å²) in [5.74, 6) is -0.567. The van der Waals surface area contributed by atoms with Crippen molar-refractivity contribution in [3.05, 3.63) is 95.6 Å². The van der Waals surface area contributed by atoms with Gasteiger partial charge in [0.2, 0.25) is 0 Å². The molecule has 2 heterocycles. The van der Waals surface area contributed by atoms with E-state index in [0.29, 0.717) is 24.2 Å². The number of hydrogen-bond acceptors (Lipinski definition) is 4. The Bertz CT molecular complexity index is 812. The maximum Gasteiger partial charge on any atom is 0.253 e. The molecular formula is C20H18N4O2. The van der Waals surface area contributed by atoms with Crippen LogP contribution >= 0.6 is 0 Å². The number of pyridine rings is 2. The van der Waals surface area contributed by atoms with Crippen LogP contribution in [0, 0.1) is 0 Å². The number of aromatic nitrogens is 2. The van der Waals surface area contributed by atoms with Gasteiger partial charge in [0.05, 0.1) is 11.1 Å². The van der Waals surface area contributed by atoms with Crippen molar-refractivity contribution in [3.8, 4) is 0 Å². The molecule has 0 aliphatic carbocycles. The normalized spacial score (nSPS) is 10.2. The minimum atomic E-state index is -0.293. The molecule has 0 saturated heterocycles. The number of carbonyl (C=O) groups excluding carboxylic acids is 2. The molecule has 3 rings (SSSR count). The van der Waals surface area contributed by atoms with Gasteiger partial charge in [-0.15, -0.1) is 0 Å². The molecule has 3 aromatic rings. The van der Waals surface area contributed by atoms with E-state index in [4.69, 9.17) is 0 Å². The van der Waals surface area contributed by atoms with Gasteiger partial charge in [0.25, 0.3) is 11.8 Å². The van der Waals surface area contributed by atoms with E-state index in [9.17, 15) is 9.59 Å². The zero-order chi connectivity index (χ0) is 18.2. The van der Waals surface area contributed by atoms with Gasteiger partial charge in [0.15, 0.2) is 0 Å². The highest BCUT2D eigenvalue weighted by molar-refractivity contribution is 5.99. The zero-order valence-electron chi connectivity index (χ0n) is 14.1. The van der Waals surface area contributed by atoms with Gasteiger partial charge in [-0.3, -0.25) is 19.6 Å². The zero-order valence-corrected chi connectivity index (χ0v) is 14.1. The summed E-state index contributed by atoms with van der Waals surface area (Å²) in [4.78, 5) is 32.6. The fraction of sp³-hybridized carbons (Fsp3) is 0.100. The lowest BCUT2D eigenvalue weighted by Crippen LogP contribution is -2.25. The summed E-state index contributed by atoms with van der Waals surface area (Å²) in [7, 11) is 0. The van der Waals surface area contributed by atoms with Crippen molar-refractivity contribution in [1.29, 1.82) is 0 Å². The quantitative estimate of drug-likeness (QED) is 0.717. The monoisotopic (exact) mass is 346 g/mol. The first-order valence-electron chi connectivity index (χ1n) is 8.16. The smallest absolute Gasteiger partial charge is 0.253 e. The molecule has 0 fully saturated rings. The molecule has 0 saturated carbocycles. The first-order chi connectivity index (χ1) is 12.7. The molecule has 26 heavy (non-hydrogen) atoms. The lowest BCUT2D eigenvalue weighted by Gasteiger charge is -2.08. The van der Waals surface area contributed by atoms with Crippen LogP contribution in [0.3, 0.4) is 0 Å². The third kappa shape index (κ3) is 4.73. The van der Waals surface area contributed by atoms with Gasteiger partial charge in [-0.25, -0.2) is 0 Å². The van der Waals surface area contributed by atoms with Crippen molar-refractivity contribution >= 4 is 11.8 Å². The number of amides is 2. The summed E-state index contributed by atoms with van der Waals surface area (Å²) < 4.78 is 0. The highest BCUT2D eigenvalue weighted by Gasteiger charge is 2.11. The Morgan fingerprint density at radius 2 is 1.35 bits per heavy atom. The number of hydrogen-bond donors (Lipinski definition) is 2. The Morgan fingerprint density at radius 3 is 1.96 bits per heavy atom. The average Bonchev–Trinajstić information content (AvgIpc) is 2.72. The van der Waals surface area contributed by atoms with Crippen LogP contribution in [0.4, 0.5) is 0 Å². The van der Waals surface area contributed by atoms with Crippen molar-refractivity contribution < 1.29 is 9.59 Å². The van der Waals surface area contributed by atoms with Gasteiger partial charge in [0.1, 0.15) is 0 Å². The molecule has 6 heteroatoms. The number of nitrogens with one attached hydrogen (secondary N) is 2. The van der Waals surface area contributed by atoms with Gasteiger partial charge in [-0.2, -0.15) is 0 Å². The standard InChI is InChI=1S/C20H18N4O2/c25-19(23-11-15-5-2-1-3-6-15)17-9-18(14-22-13-17)20(26)24-12-16-7-4-8-21-10-16/h1-10,13-14H,11-12H2,(H,23,25)(H,24,26). The predicted octanol–water partition coefficient (Wildman–Crippen LogP) is 2.34. The summed E-state index contributed by atoms with van der Waals surface area (Å²) in [6.07, 6.45) is 6.24. The fourth-order valence-electron chi connectivity index (χ4n) is 2.36. The van der Waals surface area contributed by atoms with Crippen LogP contribution in [0.2, 0.25) is 0 Å². The van der Waals surface area contributed by atoms with Crippen molar-refractivity contribution in [2.75, 3.05) is 0 Å². The third-order valence-electron chi connectivity index (χ3n) is 3.73. The molecule has 0 atom stereocenters. The van der Waals surface area contributed by atoms with Crippen LogP contribution in [-0.2, 0) is 13.1 Å². The molecule has 2 aromatic heterocycles. The second-order valence-corrected chi connectivity index (χ2v) is 5.67. The molecule has 0 bridgehead atoms. The van der Waals surface area contributed by atoms with E-state index in [2.05, 4.69) is 20.6 Å². The molecular weight excluding hydrogens is 328 g/mol. The Balaban J connectivity index is 1.60. The van der Waals surface area contributed by atoms with Crippen LogP contribution in [0.1, 0.15) is 31.8 Å². The minimum Gasteiger partial charge on any atom is -0.348 e. The number of carbonyl (C=O) groups is 2. The molecule has 1 aromatic carbocycles. The SMILES string of the molecule is O=C(NCc1ccccc1)c1cncc(C(=O)NCc2cccnc2)c1. The third-order valence-corrected chi connectivity index (χ3v) is 3.73. The van der Waals surface area contributed by atoms with E-state index in [1.807, 2.05) is 36.4 Å².